The zero-order valence-electron chi connectivity index (χ0n) is 13.4. The van der Waals surface area contributed by atoms with Gasteiger partial charge in [-0.25, -0.2) is 0 Å². The summed E-state index contributed by atoms with van der Waals surface area (Å²) in [6.07, 6.45) is 7.35. The van der Waals surface area contributed by atoms with Crippen LogP contribution in [0.4, 0.5) is 0 Å². The summed E-state index contributed by atoms with van der Waals surface area (Å²) >= 11 is 0. The van der Waals surface area contributed by atoms with Crippen LogP contribution in [0.15, 0.2) is 59.7 Å². The lowest BCUT2D eigenvalue weighted by Crippen LogP contribution is -2.03. The van der Waals surface area contributed by atoms with Crippen molar-refractivity contribution in [2.75, 3.05) is 0 Å². The molecule has 24 heavy (non-hydrogen) atoms. The second-order valence-electron chi connectivity index (χ2n) is 6.06. The SMILES string of the molecule is O=C1C(=Cc2ccc(O)cc2)CCCCC1=Cc1ccc(O)cc1. The standard InChI is InChI=1S/C21H20O3/c22-19-9-5-15(6-10-19)13-17-3-1-2-4-18(21(17)24)14-16-7-11-20(23)12-8-16/h5-14,22-23H,1-4H2. The van der Waals surface area contributed by atoms with Crippen molar-refractivity contribution in [1.82, 2.24) is 0 Å². The van der Waals surface area contributed by atoms with Crippen molar-refractivity contribution in [2.45, 2.75) is 25.7 Å². The van der Waals surface area contributed by atoms with Gasteiger partial charge in [-0.3, -0.25) is 4.79 Å². The minimum Gasteiger partial charge on any atom is -0.508 e. The quantitative estimate of drug-likeness (QED) is 0.622. The van der Waals surface area contributed by atoms with Crippen LogP contribution in [0.3, 0.4) is 0 Å². The summed E-state index contributed by atoms with van der Waals surface area (Å²) in [5.41, 5.74) is 3.45. The molecule has 1 aliphatic carbocycles. The van der Waals surface area contributed by atoms with Crippen LogP contribution >= 0.6 is 0 Å². The molecule has 122 valence electrons. The van der Waals surface area contributed by atoms with Gasteiger partial charge in [0.05, 0.1) is 0 Å². The summed E-state index contributed by atoms with van der Waals surface area (Å²) in [5, 5.41) is 18.7. The van der Waals surface area contributed by atoms with Crippen molar-refractivity contribution in [3.63, 3.8) is 0 Å². The van der Waals surface area contributed by atoms with Crippen LogP contribution in [0.25, 0.3) is 12.2 Å². The van der Waals surface area contributed by atoms with Crippen molar-refractivity contribution in [2.24, 2.45) is 0 Å². The molecule has 0 aliphatic heterocycles. The number of hydrogen-bond acceptors (Lipinski definition) is 3. The molecule has 1 fully saturated rings. The minimum absolute atomic E-state index is 0.0913. The van der Waals surface area contributed by atoms with Gasteiger partial charge < -0.3 is 10.2 Å². The third kappa shape index (κ3) is 3.93. The molecule has 0 saturated heterocycles. The lowest BCUT2D eigenvalue weighted by molar-refractivity contribution is -0.112. The number of aromatic hydroxyl groups is 2. The van der Waals surface area contributed by atoms with Crippen molar-refractivity contribution in [1.29, 1.82) is 0 Å². The van der Waals surface area contributed by atoms with Crippen LogP contribution in [-0.4, -0.2) is 16.0 Å². The Bertz CT molecular complexity index is 713. The Morgan fingerprint density at radius 1 is 0.667 bits per heavy atom. The van der Waals surface area contributed by atoms with Gasteiger partial charge in [-0.2, -0.15) is 0 Å². The summed E-state index contributed by atoms with van der Waals surface area (Å²) < 4.78 is 0. The van der Waals surface area contributed by atoms with E-state index in [4.69, 9.17) is 0 Å². The summed E-state index contributed by atoms with van der Waals surface area (Å²) in [7, 11) is 0. The van der Waals surface area contributed by atoms with Crippen molar-refractivity contribution in [3.8, 4) is 11.5 Å². The maximum atomic E-state index is 12.9. The lowest BCUT2D eigenvalue weighted by atomic mass is 9.98. The molecule has 0 aromatic heterocycles. The summed E-state index contributed by atoms with van der Waals surface area (Å²) in [6.45, 7) is 0. The molecule has 1 aliphatic rings. The number of allylic oxidation sites excluding steroid dienone is 2. The first-order valence-corrected chi connectivity index (χ1v) is 8.16. The van der Waals surface area contributed by atoms with Gasteiger partial charge in [-0.15, -0.1) is 0 Å². The molecule has 3 nitrogen and oxygen atoms in total. The first-order chi connectivity index (χ1) is 11.6. The topological polar surface area (TPSA) is 57.5 Å². The first-order valence-electron chi connectivity index (χ1n) is 8.16. The molecule has 2 aromatic rings. The number of benzene rings is 2. The third-order valence-corrected chi connectivity index (χ3v) is 4.19. The Morgan fingerprint density at radius 3 is 1.42 bits per heavy atom. The second-order valence-corrected chi connectivity index (χ2v) is 6.06. The van der Waals surface area contributed by atoms with E-state index in [1.807, 2.05) is 36.4 Å². The maximum absolute atomic E-state index is 12.9. The van der Waals surface area contributed by atoms with E-state index in [0.29, 0.717) is 0 Å². The van der Waals surface area contributed by atoms with Gasteiger partial charge in [0.1, 0.15) is 11.5 Å². The van der Waals surface area contributed by atoms with E-state index in [1.54, 1.807) is 24.3 Å². The Labute approximate surface area is 141 Å². The van der Waals surface area contributed by atoms with E-state index in [0.717, 1.165) is 48.0 Å². The van der Waals surface area contributed by atoms with Gasteiger partial charge in [-0.1, -0.05) is 24.3 Å². The molecule has 0 heterocycles. The van der Waals surface area contributed by atoms with Gasteiger partial charge in [0.25, 0.3) is 0 Å². The largest absolute Gasteiger partial charge is 0.508 e. The molecule has 1 saturated carbocycles. The van der Waals surface area contributed by atoms with Gasteiger partial charge in [0.15, 0.2) is 5.78 Å². The Morgan fingerprint density at radius 2 is 1.04 bits per heavy atom. The zero-order valence-corrected chi connectivity index (χ0v) is 13.4. The number of hydrogen-bond donors (Lipinski definition) is 2. The Hall–Kier alpha value is -2.81. The van der Waals surface area contributed by atoms with Crippen molar-refractivity contribution < 1.29 is 15.0 Å². The number of Topliss-reactive ketones (excluding diaryl/α,β-unsaturated/α-hetero) is 1. The van der Waals surface area contributed by atoms with Gasteiger partial charge in [0.2, 0.25) is 0 Å². The average molecular weight is 320 g/mol. The molecular weight excluding hydrogens is 300 g/mol. The molecule has 0 spiro atoms. The molecule has 3 rings (SSSR count). The monoisotopic (exact) mass is 320 g/mol. The van der Waals surface area contributed by atoms with Crippen LogP contribution < -0.4 is 0 Å². The van der Waals surface area contributed by atoms with Crippen LogP contribution in [-0.2, 0) is 4.79 Å². The molecule has 0 radical (unpaired) electrons. The fraction of sp³-hybridized carbons (Fsp3) is 0.190. The second kappa shape index (κ2) is 7.18. The van der Waals surface area contributed by atoms with Crippen molar-refractivity contribution >= 4 is 17.9 Å². The molecule has 0 bridgehead atoms. The van der Waals surface area contributed by atoms with E-state index in [1.165, 1.54) is 0 Å². The number of phenolic OH excluding ortho intramolecular Hbond substituents is 2. The van der Waals surface area contributed by atoms with Gasteiger partial charge in [0, 0.05) is 11.1 Å². The summed E-state index contributed by atoms with van der Waals surface area (Å²) in [6, 6.07) is 13.7. The Balaban J connectivity index is 1.90. The Kier molecular flexibility index (Phi) is 4.80. The molecule has 2 N–H and O–H groups in total. The van der Waals surface area contributed by atoms with Crippen LogP contribution in [0.2, 0.25) is 0 Å². The normalized spacial score (nSPS) is 18.8. The molecule has 3 heteroatoms. The van der Waals surface area contributed by atoms with E-state index in [9.17, 15) is 15.0 Å². The fourth-order valence-electron chi connectivity index (χ4n) is 2.88. The van der Waals surface area contributed by atoms with Crippen LogP contribution in [0.1, 0.15) is 36.8 Å². The zero-order chi connectivity index (χ0) is 16.9. The van der Waals surface area contributed by atoms with Crippen LogP contribution in [0.5, 0.6) is 11.5 Å². The van der Waals surface area contributed by atoms with Gasteiger partial charge >= 0.3 is 0 Å². The summed E-state index contributed by atoms with van der Waals surface area (Å²) in [4.78, 5) is 12.9. The van der Waals surface area contributed by atoms with E-state index < -0.39 is 0 Å². The number of phenols is 2. The fourth-order valence-corrected chi connectivity index (χ4v) is 2.88. The predicted octanol–water partition coefficient (Wildman–Crippen LogP) is 4.71. The summed E-state index contributed by atoms with van der Waals surface area (Å²) in [5.74, 6) is 0.531. The minimum atomic E-state index is 0.0913. The third-order valence-electron chi connectivity index (χ3n) is 4.19. The molecular formula is C21H20O3. The molecule has 0 amide bonds. The highest BCUT2D eigenvalue weighted by Crippen LogP contribution is 2.27. The van der Waals surface area contributed by atoms with E-state index >= 15 is 0 Å². The highest BCUT2D eigenvalue weighted by molar-refractivity contribution is 6.13. The smallest absolute Gasteiger partial charge is 0.185 e. The van der Waals surface area contributed by atoms with Crippen molar-refractivity contribution in [3.05, 3.63) is 70.8 Å². The van der Waals surface area contributed by atoms with Crippen LogP contribution in [0, 0.1) is 0 Å². The molecule has 0 atom stereocenters. The maximum Gasteiger partial charge on any atom is 0.185 e. The highest BCUT2D eigenvalue weighted by atomic mass is 16.3. The number of carbonyl (C=O) groups excluding carboxylic acids is 1. The molecule has 0 unspecified atom stereocenters. The predicted molar refractivity (Wildman–Crippen MR) is 95.6 cm³/mol. The number of carbonyl (C=O) groups is 1. The molecule has 2 aromatic carbocycles. The number of rotatable bonds is 2. The van der Waals surface area contributed by atoms with Gasteiger partial charge in [-0.05, 0) is 73.2 Å². The highest BCUT2D eigenvalue weighted by Gasteiger charge is 2.18. The van der Waals surface area contributed by atoms with E-state index in [2.05, 4.69) is 0 Å². The number of ketones is 1. The lowest BCUT2D eigenvalue weighted by Gasteiger charge is -2.06. The average Bonchev–Trinajstić information content (AvgIpc) is 2.75. The first kappa shape index (κ1) is 16.1. The van der Waals surface area contributed by atoms with E-state index in [-0.39, 0.29) is 17.3 Å².